The topological polar surface area (TPSA) is 63.7 Å². The Morgan fingerprint density at radius 1 is 1.14 bits per heavy atom. The molecular weight excluding hydrogens is 361 g/mol. The number of halogens is 1. The van der Waals surface area contributed by atoms with Crippen molar-refractivity contribution >= 4 is 23.3 Å². The first-order valence-electron chi connectivity index (χ1n) is 9.14. The Labute approximate surface area is 163 Å². The number of anilines is 1. The maximum absolute atomic E-state index is 13.0. The van der Waals surface area contributed by atoms with E-state index in [0.717, 1.165) is 16.8 Å². The highest BCUT2D eigenvalue weighted by molar-refractivity contribution is 6.02. The van der Waals surface area contributed by atoms with Crippen LogP contribution in [0.25, 0.3) is 0 Å². The number of amides is 1. The van der Waals surface area contributed by atoms with E-state index in [1.807, 2.05) is 32.0 Å². The van der Waals surface area contributed by atoms with Gasteiger partial charge in [-0.3, -0.25) is 14.4 Å². The lowest BCUT2D eigenvalue weighted by Crippen LogP contribution is -2.30. The molecule has 1 fully saturated rings. The Balaban J connectivity index is 1.66. The van der Waals surface area contributed by atoms with Crippen LogP contribution >= 0.6 is 0 Å². The van der Waals surface area contributed by atoms with Gasteiger partial charge in [-0.2, -0.15) is 0 Å². The summed E-state index contributed by atoms with van der Waals surface area (Å²) in [5.74, 6) is -2.21. The van der Waals surface area contributed by atoms with Gasteiger partial charge in [-0.25, -0.2) is 4.39 Å². The number of hydrogen-bond acceptors (Lipinski definition) is 4. The third kappa shape index (κ3) is 3.96. The number of rotatable bonds is 5. The minimum Gasteiger partial charge on any atom is -0.454 e. The molecule has 2 aromatic rings. The number of hydrogen-bond donors (Lipinski definition) is 0. The summed E-state index contributed by atoms with van der Waals surface area (Å²) in [6, 6.07) is 10.8. The van der Waals surface area contributed by atoms with E-state index < -0.39 is 29.6 Å². The first-order valence-corrected chi connectivity index (χ1v) is 9.14. The normalized spacial score (nSPS) is 17.5. The Hall–Kier alpha value is -3.02. The molecule has 5 nitrogen and oxygen atoms in total. The zero-order valence-corrected chi connectivity index (χ0v) is 16.1. The summed E-state index contributed by atoms with van der Waals surface area (Å²) in [5, 5.41) is 0. The maximum atomic E-state index is 13.0. The average Bonchev–Trinajstić information content (AvgIpc) is 3.05. The van der Waals surface area contributed by atoms with Crippen LogP contribution < -0.4 is 4.90 Å². The lowest BCUT2D eigenvalue weighted by Gasteiger charge is -2.20. The van der Waals surface area contributed by atoms with Crippen molar-refractivity contribution in [1.29, 1.82) is 0 Å². The third-order valence-electron chi connectivity index (χ3n) is 5.12. The Kier molecular flexibility index (Phi) is 5.58. The first-order chi connectivity index (χ1) is 13.3. The fourth-order valence-electron chi connectivity index (χ4n) is 3.30. The number of esters is 1. The van der Waals surface area contributed by atoms with Crippen molar-refractivity contribution in [3.63, 3.8) is 0 Å². The first kappa shape index (κ1) is 19.7. The molecule has 1 heterocycles. The van der Waals surface area contributed by atoms with Crippen molar-refractivity contribution < 1.29 is 23.5 Å². The van der Waals surface area contributed by atoms with Gasteiger partial charge in [-0.05, 0) is 62.2 Å². The molecule has 1 aliphatic heterocycles. The van der Waals surface area contributed by atoms with Crippen LogP contribution in [0.4, 0.5) is 10.1 Å². The standard InChI is InChI=1S/C22H22FNO4/c1-13-5-4-6-19(14(13)2)24-12-17(11-20(24)25)22(27)28-15(3)21(26)16-7-9-18(23)10-8-16/h4-10,15,17H,11-12H2,1-3H3/t15-,17-/m0/s1. The molecule has 2 aromatic carbocycles. The number of aryl methyl sites for hydroxylation is 1. The molecule has 1 aliphatic rings. The van der Waals surface area contributed by atoms with Crippen LogP contribution in [-0.2, 0) is 14.3 Å². The van der Waals surface area contributed by atoms with Crippen LogP contribution in [0.2, 0.25) is 0 Å². The number of carbonyl (C=O) groups is 3. The van der Waals surface area contributed by atoms with Gasteiger partial charge in [0.15, 0.2) is 6.10 Å². The third-order valence-corrected chi connectivity index (χ3v) is 5.12. The highest BCUT2D eigenvalue weighted by atomic mass is 19.1. The van der Waals surface area contributed by atoms with E-state index in [2.05, 4.69) is 0 Å². The summed E-state index contributed by atoms with van der Waals surface area (Å²) in [6.45, 7) is 5.60. The smallest absolute Gasteiger partial charge is 0.312 e. The molecule has 6 heteroatoms. The molecular formula is C22H22FNO4. The zero-order valence-electron chi connectivity index (χ0n) is 16.1. The number of nitrogens with zero attached hydrogens (tertiary/aromatic N) is 1. The summed E-state index contributed by atoms with van der Waals surface area (Å²) >= 11 is 0. The second-order valence-corrected chi connectivity index (χ2v) is 7.07. The van der Waals surface area contributed by atoms with Crippen LogP contribution in [0.1, 0.15) is 34.8 Å². The summed E-state index contributed by atoms with van der Waals surface area (Å²) < 4.78 is 18.3. The van der Waals surface area contributed by atoms with Crippen LogP contribution in [0, 0.1) is 25.6 Å². The summed E-state index contributed by atoms with van der Waals surface area (Å²) in [5.41, 5.74) is 3.11. The minimum absolute atomic E-state index is 0.0453. The minimum atomic E-state index is -1.01. The van der Waals surface area contributed by atoms with Crippen LogP contribution in [-0.4, -0.2) is 30.3 Å². The second-order valence-electron chi connectivity index (χ2n) is 7.07. The molecule has 0 unspecified atom stereocenters. The monoisotopic (exact) mass is 383 g/mol. The fourth-order valence-corrected chi connectivity index (χ4v) is 3.30. The average molecular weight is 383 g/mol. The summed E-state index contributed by atoms with van der Waals surface area (Å²) in [4.78, 5) is 38.9. The molecule has 0 spiro atoms. The van der Waals surface area contributed by atoms with Crippen LogP contribution in [0.3, 0.4) is 0 Å². The van der Waals surface area contributed by atoms with Crippen molar-refractivity contribution in [2.45, 2.75) is 33.3 Å². The number of Topliss-reactive ketones (excluding diaryl/α,β-unsaturated/α-hetero) is 1. The van der Waals surface area contributed by atoms with Gasteiger partial charge in [-0.15, -0.1) is 0 Å². The van der Waals surface area contributed by atoms with Gasteiger partial charge in [0.1, 0.15) is 5.82 Å². The van der Waals surface area contributed by atoms with Gasteiger partial charge in [0, 0.05) is 24.2 Å². The van der Waals surface area contributed by atoms with E-state index in [4.69, 9.17) is 4.74 Å². The second kappa shape index (κ2) is 7.92. The highest BCUT2D eigenvalue weighted by Gasteiger charge is 2.37. The quantitative estimate of drug-likeness (QED) is 0.584. The molecule has 0 N–H and O–H groups in total. The van der Waals surface area contributed by atoms with Crippen molar-refractivity contribution in [3.8, 4) is 0 Å². The Bertz CT molecular complexity index is 923. The van der Waals surface area contributed by atoms with E-state index in [1.165, 1.54) is 31.2 Å². The SMILES string of the molecule is Cc1cccc(N2C[C@@H](C(=O)O[C@@H](C)C(=O)c3ccc(F)cc3)CC2=O)c1C. The fraction of sp³-hybridized carbons (Fsp3) is 0.318. The van der Waals surface area contributed by atoms with Gasteiger partial charge in [0.25, 0.3) is 0 Å². The number of carbonyl (C=O) groups excluding carboxylic acids is 3. The van der Waals surface area contributed by atoms with Gasteiger partial charge >= 0.3 is 5.97 Å². The lowest BCUT2D eigenvalue weighted by molar-refractivity contribution is -0.151. The predicted octanol–water partition coefficient (Wildman–Crippen LogP) is 3.61. The van der Waals surface area contributed by atoms with E-state index in [9.17, 15) is 18.8 Å². The summed E-state index contributed by atoms with van der Waals surface area (Å²) in [6.07, 6.45) is -0.966. The largest absolute Gasteiger partial charge is 0.454 e. The Morgan fingerprint density at radius 2 is 1.82 bits per heavy atom. The number of ketones is 1. The van der Waals surface area contributed by atoms with Crippen molar-refractivity contribution in [1.82, 2.24) is 0 Å². The van der Waals surface area contributed by atoms with E-state index in [1.54, 1.807) is 4.90 Å². The molecule has 0 bridgehead atoms. The molecule has 1 amide bonds. The molecule has 1 saturated heterocycles. The predicted molar refractivity (Wildman–Crippen MR) is 103 cm³/mol. The maximum Gasteiger partial charge on any atom is 0.312 e. The zero-order chi connectivity index (χ0) is 20.4. The van der Waals surface area contributed by atoms with E-state index in [0.29, 0.717) is 0 Å². The van der Waals surface area contributed by atoms with Gasteiger partial charge < -0.3 is 9.64 Å². The van der Waals surface area contributed by atoms with Crippen molar-refractivity contribution in [2.75, 3.05) is 11.4 Å². The Morgan fingerprint density at radius 3 is 2.50 bits per heavy atom. The molecule has 0 aromatic heterocycles. The molecule has 0 aliphatic carbocycles. The van der Waals surface area contributed by atoms with E-state index >= 15 is 0 Å². The van der Waals surface area contributed by atoms with E-state index in [-0.39, 0.29) is 24.4 Å². The molecule has 0 radical (unpaired) electrons. The lowest BCUT2D eigenvalue weighted by atomic mass is 10.1. The van der Waals surface area contributed by atoms with Crippen molar-refractivity contribution in [2.24, 2.45) is 5.92 Å². The van der Waals surface area contributed by atoms with Crippen molar-refractivity contribution in [3.05, 3.63) is 65.0 Å². The molecule has 2 atom stereocenters. The number of benzene rings is 2. The molecule has 0 saturated carbocycles. The molecule has 146 valence electrons. The molecule has 28 heavy (non-hydrogen) atoms. The van der Waals surface area contributed by atoms with Gasteiger partial charge in [0.2, 0.25) is 11.7 Å². The number of ether oxygens (including phenoxy) is 1. The van der Waals surface area contributed by atoms with Crippen LogP contribution in [0.15, 0.2) is 42.5 Å². The van der Waals surface area contributed by atoms with Gasteiger partial charge in [0.05, 0.1) is 5.92 Å². The molecule has 3 rings (SSSR count). The summed E-state index contributed by atoms with van der Waals surface area (Å²) in [7, 11) is 0. The highest BCUT2D eigenvalue weighted by Crippen LogP contribution is 2.30. The van der Waals surface area contributed by atoms with Crippen LogP contribution in [0.5, 0.6) is 0 Å². The van der Waals surface area contributed by atoms with Gasteiger partial charge in [-0.1, -0.05) is 12.1 Å².